The number of benzene rings is 2. The van der Waals surface area contributed by atoms with Crippen molar-refractivity contribution in [2.75, 3.05) is 39.2 Å². The third-order valence-electron chi connectivity index (χ3n) is 7.51. The number of hydrogen-bond acceptors (Lipinski definition) is 6. The van der Waals surface area contributed by atoms with Crippen molar-refractivity contribution >= 4 is 15.7 Å². The average molecular weight is 486 g/mol. The highest BCUT2D eigenvalue weighted by atomic mass is 32.2. The van der Waals surface area contributed by atoms with E-state index in [0.717, 1.165) is 42.7 Å². The van der Waals surface area contributed by atoms with Crippen LogP contribution in [0.2, 0.25) is 0 Å². The van der Waals surface area contributed by atoms with Crippen molar-refractivity contribution < 1.29 is 27.4 Å². The van der Waals surface area contributed by atoms with Crippen molar-refractivity contribution in [2.45, 2.75) is 49.0 Å². The predicted molar refractivity (Wildman–Crippen MR) is 127 cm³/mol. The first-order valence-corrected chi connectivity index (χ1v) is 13.6. The van der Waals surface area contributed by atoms with Gasteiger partial charge in [-0.3, -0.25) is 4.79 Å². The molecule has 34 heavy (non-hydrogen) atoms. The van der Waals surface area contributed by atoms with Gasteiger partial charge in [0.1, 0.15) is 13.2 Å². The van der Waals surface area contributed by atoms with Crippen molar-refractivity contribution in [3.05, 3.63) is 53.1 Å². The largest absolute Gasteiger partial charge is 0.486 e. The van der Waals surface area contributed by atoms with Crippen LogP contribution in [0.15, 0.2) is 41.3 Å². The second kappa shape index (κ2) is 8.89. The molecule has 5 rings (SSSR count). The summed E-state index contributed by atoms with van der Waals surface area (Å²) in [5.41, 5.74) is 2.80. The molecule has 182 valence electrons. The Morgan fingerprint density at radius 1 is 1.09 bits per heavy atom. The van der Waals surface area contributed by atoms with Gasteiger partial charge in [0.05, 0.1) is 23.3 Å². The standard InChI is InChI=1S/C26H31NO6S/c1-18-21-15-23-24(33-12-11-32-23)16-22(21)26(9-3-4-10-26)17-27(18)25(28)19-5-7-20(8-6-19)34(29,30)14-13-31-2/h5-8,15-16,18H,3-4,9-14,17H2,1-2H3. The first-order valence-electron chi connectivity index (χ1n) is 11.9. The SMILES string of the molecule is COCCS(=O)(=O)c1ccc(C(=O)N2CC3(CCCC3)c3cc4c(cc3C2C)OCCO4)cc1. The summed E-state index contributed by atoms with van der Waals surface area (Å²) in [4.78, 5) is 15.8. The molecular formula is C26H31NO6S. The van der Waals surface area contributed by atoms with Gasteiger partial charge in [0.15, 0.2) is 21.3 Å². The maximum Gasteiger partial charge on any atom is 0.254 e. The van der Waals surface area contributed by atoms with E-state index in [-0.39, 0.29) is 34.6 Å². The van der Waals surface area contributed by atoms with E-state index in [9.17, 15) is 13.2 Å². The number of sulfone groups is 1. The maximum atomic E-state index is 13.7. The molecular weight excluding hydrogens is 454 g/mol. The van der Waals surface area contributed by atoms with Crippen LogP contribution < -0.4 is 9.47 Å². The fourth-order valence-corrected chi connectivity index (χ4v) is 6.81. The van der Waals surface area contributed by atoms with Gasteiger partial charge in [-0.2, -0.15) is 0 Å². The van der Waals surface area contributed by atoms with Gasteiger partial charge in [-0.05, 0) is 67.3 Å². The van der Waals surface area contributed by atoms with Gasteiger partial charge in [0, 0.05) is 24.6 Å². The number of nitrogens with zero attached hydrogens (tertiary/aromatic N) is 1. The first-order chi connectivity index (χ1) is 16.3. The zero-order chi connectivity index (χ0) is 23.9. The van der Waals surface area contributed by atoms with E-state index in [1.807, 2.05) is 4.90 Å². The van der Waals surface area contributed by atoms with Crippen molar-refractivity contribution in [1.82, 2.24) is 4.90 Å². The molecule has 1 unspecified atom stereocenters. The molecule has 2 heterocycles. The van der Waals surface area contributed by atoms with Crippen LogP contribution in [0.3, 0.4) is 0 Å². The third-order valence-corrected chi connectivity index (χ3v) is 9.21. The van der Waals surface area contributed by atoms with E-state index in [1.54, 1.807) is 12.1 Å². The Balaban J connectivity index is 1.47. The topological polar surface area (TPSA) is 82.1 Å². The van der Waals surface area contributed by atoms with Crippen LogP contribution in [0.1, 0.15) is 60.1 Å². The fraction of sp³-hybridized carbons (Fsp3) is 0.500. The molecule has 0 aromatic heterocycles. The van der Waals surface area contributed by atoms with Gasteiger partial charge in [-0.15, -0.1) is 0 Å². The monoisotopic (exact) mass is 485 g/mol. The smallest absolute Gasteiger partial charge is 0.254 e. The highest BCUT2D eigenvalue weighted by molar-refractivity contribution is 7.91. The van der Waals surface area contributed by atoms with Crippen LogP contribution >= 0.6 is 0 Å². The number of fused-ring (bicyclic) bond motifs is 3. The zero-order valence-corrected chi connectivity index (χ0v) is 20.5. The number of carbonyl (C=O) groups excluding carboxylic acids is 1. The Labute approximate surface area is 200 Å². The summed E-state index contributed by atoms with van der Waals surface area (Å²) in [6, 6.07) is 10.4. The van der Waals surface area contributed by atoms with Crippen molar-refractivity contribution in [2.24, 2.45) is 0 Å². The molecule has 0 N–H and O–H groups in total. The lowest BCUT2D eigenvalue weighted by Gasteiger charge is -2.46. The number of carbonyl (C=O) groups is 1. The molecule has 0 bridgehead atoms. The molecule has 1 amide bonds. The van der Waals surface area contributed by atoms with Crippen LogP contribution in [0.25, 0.3) is 0 Å². The summed E-state index contributed by atoms with van der Waals surface area (Å²) >= 11 is 0. The summed E-state index contributed by atoms with van der Waals surface area (Å²) in [6.45, 7) is 3.91. The minimum atomic E-state index is -3.44. The second-order valence-electron chi connectivity index (χ2n) is 9.52. The van der Waals surface area contributed by atoms with E-state index < -0.39 is 9.84 Å². The Morgan fingerprint density at radius 3 is 2.38 bits per heavy atom. The number of rotatable bonds is 5. The van der Waals surface area contributed by atoms with Crippen LogP contribution in [0.4, 0.5) is 0 Å². The Morgan fingerprint density at radius 2 is 1.74 bits per heavy atom. The average Bonchev–Trinajstić information content (AvgIpc) is 3.33. The van der Waals surface area contributed by atoms with Gasteiger partial charge >= 0.3 is 0 Å². The molecule has 2 aromatic carbocycles. The summed E-state index contributed by atoms with van der Waals surface area (Å²) < 4.78 is 41.5. The lowest BCUT2D eigenvalue weighted by molar-refractivity contribution is 0.0593. The first kappa shape index (κ1) is 23.2. The van der Waals surface area contributed by atoms with E-state index in [0.29, 0.717) is 25.3 Å². The molecule has 1 saturated carbocycles. The minimum Gasteiger partial charge on any atom is -0.486 e. The van der Waals surface area contributed by atoms with Crippen molar-refractivity contribution in [3.8, 4) is 11.5 Å². The van der Waals surface area contributed by atoms with E-state index in [4.69, 9.17) is 14.2 Å². The highest BCUT2D eigenvalue weighted by Gasteiger charge is 2.46. The van der Waals surface area contributed by atoms with E-state index in [2.05, 4.69) is 19.1 Å². The molecule has 1 fully saturated rings. The molecule has 3 aliphatic rings. The van der Waals surface area contributed by atoms with Gasteiger partial charge in [-0.1, -0.05) is 12.8 Å². The van der Waals surface area contributed by atoms with Crippen LogP contribution in [-0.4, -0.2) is 58.5 Å². The van der Waals surface area contributed by atoms with Crippen LogP contribution in [-0.2, 0) is 20.0 Å². The molecule has 0 radical (unpaired) electrons. The van der Waals surface area contributed by atoms with Crippen molar-refractivity contribution in [1.29, 1.82) is 0 Å². The highest BCUT2D eigenvalue weighted by Crippen LogP contribution is 2.52. The molecule has 0 saturated heterocycles. The molecule has 1 aliphatic carbocycles. The molecule has 1 spiro atoms. The second-order valence-corrected chi connectivity index (χ2v) is 11.6. The van der Waals surface area contributed by atoms with Crippen LogP contribution in [0, 0.1) is 0 Å². The maximum absolute atomic E-state index is 13.7. The van der Waals surface area contributed by atoms with E-state index >= 15 is 0 Å². The summed E-state index contributed by atoms with van der Waals surface area (Å²) in [5.74, 6) is 1.37. The minimum absolute atomic E-state index is 0.0832. The molecule has 8 heteroatoms. The number of ether oxygens (including phenoxy) is 3. The Bertz CT molecular complexity index is 1180. The van der Waals surface area contributed by atoms with Gasteiger partial charge in [0.2, 0.25) is 0 Å². The lowest BCUT2D eigenvalue weighted by atomic mass is 9.71. The number of methoxy groups -OCH3 is 1. The number of amides is 1. The summed E-state index contributed by atoms with van der Waals surface area (Å²) in [5, 5.41) is 0. The molecule has 7 nitrogen and oxygen atoms in total. The fourth-order valence-electron chi connectivity index (χ4n) is 5.63. The Hall–Kier alpha value is -2.58. The van der Waals surface area contributed by atoms with Gasteiger partial charge < -0.3 is 19.1 Å². The third kappa shape index (κ3) is 3.96. The molecule has 2 aliphatic heterocycles. The molecule has 2 aromatic rings. The summed E-state index contributed by atoms with van der Waals surface area (Å²) in [6.07, 6.45) is 4.34. The molecule has 1 atom stereocenters. The Kier molecular flexibility index (Phi) is 6.06. The van der Waals surface area contributed by atoms with Crippen LogP contribution in [0.5, 0.6) is 11.5 Å². The van der Waals surface area contributed by atoms with E-state index in [1.165, 1.54) is 24.8 Å². The predicted octanol–water partition coefficient (Wildman–Crippen LogP) is 3.91. The normalized spacial score (nSPS) is 20.9. The summed E-state index contributed by atoms with van der Waals surface area (Å²) in [7, 11) is -1.97. The van der Waals surface area contributed by atoms with Gasteiger partial charge in [-0.25, -0.2) is 8.42 Å². The zero-order valence-electron chi connectivity index (χ0n) is 19.7. The lowest BCUT2D eigenvalue weighted by Crippen LogP contribution is -2.48. The quantitative estimate of drug-likeness (QED) is 0.639. The van der Waals surface area contributed by atoms with Gasteiger partial charge in [0.25, 0.3) is 5.91 Å². The van der Waals surface area contributed by atoms with Crippen molar-refractivity contribution in [3.63, 3.8) is 0 Å². The number of hydrogen-bond donors (Lipinski definition) is 0.